The van der Waals surface area contributed by atoms with Gasteiger partial charge in [0.25, 0.3) is 5.56 Å². The molecule has 0 radical (unpaired) electrons. The van der Waals surface area contributed by atoms with Gasteiger partial charge in [0.2, 0.25) is 20.7 Å². The molecule has 120 valence electrons. The molecule has 0 amide bonds. The van der Waals surface area contributed by atoms with Gasteiger partial charge in [0.1, 0.15) is 5.39 Å². The fraction of sp³-hybridized carbons (Fsp3) is 0.500. The fourth-order valence-corrected chi connectivity index (χ4v) is 2.63. The van der Waals surface area contributed by atoms with Gasteiger partial charge in [-0.3, -0.25) is 9.78 Å². The van der Waals surface area contributed by atoms with E-state index in [4.69, 9.17) is 4.42 Å². The van der Waals surface area contributed by atoms with Crippen molar-refractivity contribution < 1.29 is 12.8 Å². The molecule has 0 aliphatic heterocycles. The van der Waals surface area contributed by atoms with Crippen LogP contribution in [0.3, 0.4) is 0 Å². The van der Waals surface area contributed by atoms with E-state index in [0.29, 0.717) is 17.9 Å². The van der Waals surface area contributed by atoms with Crippen molar-refractivity contribution in [2.45, 2.75) is 38.3 Å². The predicted octanol–water partition coefficient (Wildman–Crippen LogP) is 1.26. The number of nitrogens with one attached hydrogen (secondary N) is 1. The maximum absolute atomic E-state index is 12.2. The van der Waals surface area contributed by atoms with Crippen molar-refractivity contribution in [2.24, 2.45) is 5.92 Å². The number of sulfone groups is 1. The van der Waals surface area contributed by atoms with Gasteiger partial charge in [0.05, 0.1) is 0 Å². The van der Waals surface area contributed by atoms with Crippen LogP contribution in [-0.2, 0) is 16.3 Å². The molecule has 2 heterocycles. The highest BCUT2D eigenvalue weighted by Crippen LogP contribution is 2.17. The van der Waals surface area contributed by atoms with E-state index in [1.807, 2.05) is 0 Å². The summed E-state index contributed by atoms with van der Waals surface area (Å²) in [6.45, 7) is 4.15. The van der Waals surface area contributed by atoms with Crippen LogP contribution in [0.4, 0.5) is 0 Å². The van der Waals surface area contributed by atoms with Crippen molar-refractivity contribution in [3.8, 4) is 0 Å². The second-order valence-corrected chi connectivity index (χ2v) is 7.40. The van der Waals surface area contributed by atoms with E-state index in [0.717, 1.165) is 19.1 Å². The molecule has 2 rings (SSSR count). The fourth-order valence-electron chi connectivity index (χ4n) is 2.11. The molecule has 0 saturated heterocycles. The molecule has 0 aliphatic rings. The van der Waals surface area contributed by atoms with Gasteiger partial charge in [0, 0.05) is 12.3 Å². The van der Waals surface area contributed by atoms with E-state index < -0.39 is 26.2 Å². The summed E-state index contributed by atoms with van der Waals surface area (Å²) in [4.78, 5) is 29.8. The summed E-state index contributed by atoms with van der Waals surface area (Å²) in [6.07, 6.45) is 3.25. The van der Waals surface area contributed by atoms with Gasteiger partial charge in [0.15, 0.2) is 0 Å². The molecular formula is C14H18N2O5S. The summed E-state index contributed by atoms with van der Waals surface area (Å²) in [5, 5.41) is -0.373. The quantitative estimate of drug-likeness (QED) is 0.828. The summed E-state index contributed by atoms with van der Waals surface area (Å²) in [6, 6.07) is 1.27. The highest BCUT2D eigenvalue weighted by atomic mass is 32.2. The first-order valence-electron chi connectivity index (χ1n) is 6.99. The van der Waals surface area contributed by atoms with E-state index in [-0.39, 0.29) is 11.1 Å². The van der Waals surface area contributed by atoms with Crippen LogP contribution >= 0.6 is 0 Å². The van der Waals surface area contributed by atoms with Gasteiger partial charge in [-0.2, -0.15) is 4.98 Å². The third kappa shape index (κ3) is 3.44. The Morgan fingerprint density at radius 2 is 2.05 bits per heavy atom. The Balaban J connectivity index is 2.64. The number of aromatic nitrogens is 2. The number of hydrogen-bond acceptors (Lipinski definition) is 6. The van der Waals surface area contributed by atoms with E-state index in [1.54, 1.807) is 0 Å². The van der Waals surface area contributed by atoms with E-state index in [2.05, 4.69) is 23.8 Å². The van der Waals surface area contributed by atoms with Crippen molar-refractivity contribution in [1.82, 2.24) is 9.97 Å². The van der Waals surface area contributed by atoms with Crippen LogP contribution in [0, 0.1) is 5.92 Å². The van der Waals surface area contributed by atoms with Gasteiger partial charge >= 0.3 is 5.63 Å². The zero-order valence-electron chi connectivity index (χ0n) is 12.7. The van der Waals surface area contributed by atoms with Crippen LogP contribution in [0.15, 0.2) is 25.2 Å². The van der Waals surface area contributed by atoms with Crippen LogP contribution in [0.5, 0.6) is 0 Å². The monoisotopic (exact) mass is 326 g/mol. The molecule has 0 aliphatic carbocycles. The largest absolute Gasteiger partial charge is 0.403 e. The number of H-pyrrole nitrogens is 1. The molecule has 22 heavy (non-hydrogen) atoms. The van der Waals surface area contributed by atoms with Crippen molar-refractivity contribution >= 4 is 20.9 Å². The van der Waals surface area contributed by atoms with Crippen LogP contribution in [0.2, 0.25) is 0 Å². The summed E-state index contributed by atoms with van der Waals surface area (Å²) in [5.74, 6) is 0.449. The summed E-state index contributed by atoms with van der Waals surface area (Å²) >= 11 is 0. The highest BCUT2D eigenvalue weighted by molar-refractivity contribution is 7.90. The number of aromatic amines is 1. The average molecular weight is 326 g/mol. The third-order valence-electron chi connectivity index (χ3n) is 3.63. The molecule has 0 fully saturated rings. The highest BCUT2D eigenvalue weighted by Gasteiger charge is 2.17. The number of hydrogen-bond donors (Lipinski definition) is 1. The molecule has 1 N–H and O–H groups in total. The maximum atomic E-state index is 12.2. The minimum atomic E-state index is -3.70. The number of rotatable bonds is 5. The smallest absolute Gasteiger partial charge is 0.337 e. The van der Waals surface area contributed by atoms with Crippen molar-refractivity contribution in [3.05, 3.63) is 32.4 Å². The van der Waals surface area contributed by atoms with Gasteiger partial charge in [-0.05, 0) is 24.3 Å². The second kappa shape index (κ2) is 6.04. The van der Waals surface area contributed by atoms with Crippen LogP contribution in [0.1, 0.15) is 32.3 Å². The van der Waals surface area contributed by atoms with Gasteiger partial charge in [-0.1, -0.05) is 20.3 Å². The van der Waals surface area contributed by atoms with Gasteiger partial charge in [-0.25, -0.2) is 13.2 Å². The molecule has 0 bridgehead atoms. The normalized spacial score (nSPS) is 13.4. The molecule has 0 saturated carbocycles. The minimum Gasteiger partial charge on any atom is -0.403 e. The van der Waals surface area contributed by atoms with Gasteiger partial charge in [-0.15, -0.1) is 0 Å². The standard InChI is InChI=1S/C14H18N2O5S/c1-4-8(2)5-6-9-7-10(17)21-13-11(9)12(18)15-14(16-13)22(3,19)20/h7-8H,4-6H2,1-3H3,(H,15,16,18). The minimum absolute atomic E-state index is 0.135. The lowest BCUT2D eigenvalue weighted by molar-refractivity contribution is 0.510. The lowest BCUT2D eigenvalue weighted by Gasteiger charge is -2.09. The first kappa shape index (κ1) is 16.4. The summed E-state index contributed by atoms with van der Waals surface area (Å²) in [5.41, 5.74) is -0.978. The molecule has 2 aromatic heterocycles. The Morgan fingerprint density at radius 3 is 2.64 bits per heavy atom. The molecule has 0 spiro atoms. The van der Waals surface area contributed by atoms with Crippen LogP contribution < -0.4 is 11.2 Å². The van der Waals surface area contributed by atoms with Crippen LogP contribution in [0.25, 0.3) is 11.1 Å². The Kier molecular flexibility index (Phi) is 4.50. The van der Waals surface area contributed by atoms with E-state index in [1.165, 1.54) is 6.07 Å². The summed E-state index contributed by atoms with van der Waals surface area (Å²) in [7, 11) is -3.70. The molecule has 8 heteroatoms. The number of aryl methyl sites for hydroxylation is 1. The Bertz CT molecular complexity index is 911. The van der Waals surface area contributed by atoms with Gasteiger partial charge < -0.3 is 4.42 Å². The average Bonchev–Trinajstić information content (AvgIpc) is 2.42. The summed E-state index contributed by atoms with van der Waals surface area (Å²) < 4.78 is 27.9. The van der Waals surface area contributed by atoms with E-state index >= 15 is 0 Å². The molecule has 1 atom stereocenters. The topological polar surface area (TPSA) is 110 Å². The second-order valence-electron chi connectivity index (χ2n) is 5.47. The molecule has 2 aromatic rings. The lowest BCUT2D eigenvalue weighted by atomic mass is 9.98. The lowest BCUT2D eigenvalue weighted by Crippen LogP contribution is -2.18. The number of fused-ring (bicyclic) bond motifs is 1. The molecule has 7 nitrogen and oxygen atoms in total. The first-order chi connectivity index (χ1) is 10.2. The Hall–Kier alpha value is -1.96. The SMILES string of the molecule is CCC(C)CCc1cc(=O)oc2nc(S(C)(=O)=O)[nH]c(=O)c12. The molecular weight excluding hydrogens is 308 g/mol. The van der Waals surface area contributed by atoms with Crippen molar-refractivity contribution in [3.63, 3.8) is 0 Å². The van der Waals surface area contributed by atoms with Crippen molar-refractivity contribution in [1.29, 1.82) is 0 Å². The Labute approximate surface area is 127 Å². The molecule has 1 unspecified atom stereocenters. The zero-order valence-corrected chi connectivity index (χ0v) is 13.5. The van der Waals surface area contributed by atoms with Crippen LogP contribution in [-0.4, -0.2) is 24.6 Å². The molecule has 0 aromatic carbocycles. The van der Waals surface area contributed by atoms with Crippen molar-refractivity contribution in [2.75, 3.05) is 6.26 Å². The first-order valence-corrected chi connectivity index (χ1v) is 8.88. The maximum Gasteiger partial charge on any atom is 0.337 e. The van der Waals surface area contributed by atoms with E-state index in [9.17, 15) is 18.0 Å². The zero-order chi connectivity index (χ0) is 16.5. The number of nitrogens with zero attached hydrogens (tertiary/aromatic N) is 1. The third-order valence-corrected chi connectivity index (χ3v) is 4.53. The predicted molar refractivity (Wildman–Crippen MR) is 81.8 cm³/mol. The Morgan fingerprint density at radius 1 is 1.36 bits per heavy atom.